The van der Waals surface area contributed by atoms with Crippen LogP contribution in [0, 0.1) is 0 Å². The molecule has 0 radical (unpaired) electrons. The Hall–Kier alpha value is -1.98. The summed E-state index contributed by atoms with van der Waals surface area (Å²) in [4.78, 5) is 14.1. The van der Waals surface area contributed by atoms with Crippen molar-refractivity contribution in [3.8, 4) is 11.4 Å². The van der Waals surface area contributed by atoms with E-state index in [-0.39, 0.29) is 0 Å². The maximum absolute atomic E-state index is 6.27. The van der Waals surface area contributed by atoms with Crippen LogP contribution in [0.15, 0.2) is 30.3 Å². The summed E-state index contributed by atoms with van der Waals surface area (Å²) in [6, 6.07) is 10.0. The molecule has 0 fully saturated rings. The lowest BCUT2D eigenvalue weighted by Crippen LogP contribution is -2.47. The van der Waals surface area contributed by atoms with Gasteiger partial charge in [-0.1, -0.05) is 37.3 Å². The molecule has 23 heavy (non-hydrogen) atoms. The van der Waals surface area contributed by atoms with E-state index >= 15 is 0 Å². The summed E-state index contributed by atoms with van der Waals surface area (Å²) in [5.41, 5.74) is 9.48. The van der Waals surface area contributed by atoms with Crippen molar-refractivity contribution in [1.29, 1.82) is 0 Å². The Labute approximate surface area is 138 Å². The molecule has 1 aliphatic rings. The number of anilines is 1. The minimum atomic E-state index is 0.427. The van der Waals surface area contributed by atoms with E-state index < -0.39 is 0 Å². The predicted octanol–water partition coefficient (Wildman–Crippen LogP) is 2.38. The van der Waals surface area contributed by atoms with Crippen molar-refractivity contribution in [2.24, 2.45) is 0 Å². The summed E-state index contributed by atoms with van der Waals surface area (Å²) in [5.74, 6) is 1.35. The highest BCUT2D eigenvalue weighted by atomic mass is 15.3. The SMILES string of the molecule is CC[C@H](N(C)C)N1CCc2nc(-c3ccccc3)nc(N)c2C1. The van der Waals surface area contributed by atoms with Gasteiger partial charge in [0, 0.05) is 30.6 Å². The summed E-state index contributed by atoms with van der Waals surface area (Å²) in [6.45, 7) is 4.06. The van der Waals surface area contributed by atoms with Gasteiger partial charge in [-0.15, -0.1) is 0 Å². The highest BCUT2D eigenvalue weighted by molar-refractivity contribution is 5.59. The maximum atomic E-state index is 6.27. The number of fused-ring (bicyclic) bond motifs is 1. The van der Waals surface area contributed by atoms with E-state index in [2.05, 4.69) is 35.8 Å². The van der Waals surface area contributed by atoms with Crippen molar-refractivity contribution < 1.29 is 0 Å². The second-order valence-electron chi connectivity index (χ2n) is 6.30. The van der Waals surface area contributed by atoms with Crippen molar-refractivity contribution in [2.45, 2.75) is 32.5 Å². The molecule has 0 unspecified atom stereocenters. The van der Waals surface area contributed by atoms with E-state index in [1.165, 1.54) is 0 Å². The van der Waals surface area contributed by atoms with E-state index in [1.54, 1.807) is 0 Å². The van der Waals surface area contributed by atoms with E-state index in [0.29, 0.717) is 12.0 Å². The molecule has 122 valence electrons. The average Bonchev–Trinajstić information content (AvgIpc) is 2.56. The third-order valence-electron chi connectivity index (χ3n) is 4.54. The molecule has 1 aliphatic heterocycles. The van der Waals surface area contributed by atoms with Gasteiger partial charge < -0.3 is 5.73 Å². The van der Waals surface area contributed by atoms with Gasteiger partial charge in [0.1, 0.15) is 5.82 Å². The molecule has 1 atom stereocenters. The van der Waals surface area contributed by atoms with Gasteiger partial charge in [-0.25, -0.2) is 9.97 Å². The molecule has 0 saturated carbocycles. The molecular weight excluding hydrogens is 286 g/mol. The fourth-order valence-electron chi connectivity index (χ4n) is 3.38. The number of nitrogens with two attached hydrogens (primary N) is 1. The molecule has 3 rings (SSSR count). The van der Waals surface area contributed by atoms with Crippen LogP contribution < -0.4 is 5.73 Å². The first kappa shape index (κ1) is 15.9. The lowest BCUT2D eigenvalue weighted by Gasteiger charge is -2.38. The topological polar surface area (TPSA) is 58.3 Å². The summed E-state index contributed by atoms with van der Waals surface area (Å²) >= 11 is 0. The Morgan fingerprint density at radius 1 is 1.22 bits per heavy atom. The lowest BCUT2D eigenvalue weighted by atomic mass is 10.0. The van der Waals surface area contributed by atoms with Gasteiger partial charge in [-0.3, -0.25) is 9.80 Å². The largest absolute Gasteiger partial charge is 0.383 e. The number of rotatable bonds is 4. The van der Waals surface area contributed by atoms with Crippen molar-refractivity contribution in [3.63, 3.8) is 0 Å². The summed E-state index contributed by atoms with van der Waals surface area (Å²) in [5, 5.41) is 0. The smallest absolute Gasteiger partial charge is 0.161 e. The molecular formula is C18H25N5. The molecule has 1 aromatic carbocycles. The number of nitrogen functional groups attached to an aromatic ring is 1. The van der Waals surface area contributed by atoms with Gasteiger partial charge in [0.15, 0.2) is 5.82 Å². The second kappa shape index (κ2) is 6.64. The van der Waals surface area contributed by atoms with Crippen molar-refractivity contribution >= 4 is 5.82 Å². The molecule has 5 nitrogen and oxygen atoms in total. The van der Waals surface area contributed by atoms with Gasteiger partial charge in [-0.05, 0) is 20.5 Å². The highest BCUT2D eigenvalue weighted by Crippen LogP contribution is 2.27. The molecule has 0 amide bonds. The average molecular weight is 311 g/mol. The zero-order valence-electron chi connectivity index (χ0n) is 14.2. The Kier molecular flexibility index (Phi) is 4.59. The Balaban J connectivity index is 1.90. The van der Waals surface area contributed by atoms with E-state index in [1.807, 2.05) is 30.3 Å². The van der Waals surface area contributed by atoms with Gasteiger partial charge in [0.2, 0.25) is 0 Å². The van der Waals surface area contributed by atoms with E-state index in [0.717, 1.165) is 48.6 Å². The molecule has 2 aromatic rings. The number of hydrogen-bond acceptors (Lipinski definition) is 5. The van der Waals surface area contributed by atoms with Crippen LogP contribution in [0.25, 0.3) is 11.4 Å². The molecule has 2 N–H and O–H groups in total. The first-order valence-electron chi connectivity index (χ1n) is 8.21. The van der Waals surface area contributed by atoms with Crippen LogP contribution in [-0.2, 0) is 13.0 Å². The molecule has 0 spiro atoms. The molecule has 0 bridgehead atoms. The summed E-state index contributed by atoms with van der Waals surface area (Å²) < 4.78 is 0. The number of aromatic nitrogens is 2. The Morgan fingerprint density at radius 2 is 1.96 bits per heavy atom. The monoisotopic (exact) mass is 311 g/mol. The normalized spacial score (nSPS) is 16.3. The lowest BCUT2D eigenvalue weighted by molar-refractivity contribution is 0.0635. The van der Waals surface area contributed by atoms with Gasteiger partial charge >= 0.3 is 0 Å². The van der Waals surface area contributed by atoms with Gasteiger partial charge in [0.05, 0.1) is 11.9 Å². The standard InChI is InChI=1S/C18H25N5/c1-4-16(22(2)3)23-11-10-15-14(12-23)17(19)21-18(20-15)13-8-6-5-7-9-13/h5-9,16H,4,10-12H2,1-3H3,(H2,19,20,21)/t16-/m1/s1. The highest BCUT2D eigenvalue weighted by Gasteiger charge is 2.26. The minimum Gasteiger partial charge on any atom is -0.383 e. The number of hydrogen-bond donors (Lipinski definition) is 1. The van der Waals surface area contributed by atoms with Gasteiger partial charge in [0.25, 0.3) is 0 Å². The van der Waals surface area contributed by atoms with Crippen molar-refractivity contribution in [2.75, 3.05) is 26.4 Å². The molecule has 2 heterocycles. The van der Waals surface area contributed by atoms with E-state index in [9.17, 15) is 0 Å². The van der Waals surface area contributed by atoms with Crippen LogP contribution in [0.2, 0.25) is 0 Å². The van der Waals surface area contributed by atoms with Crippen LogP contribution in [0.1, 0.15) is 24.6 Å². The van der Waals surface area contributed by atoms with E-state index in [4.69, 9.17) is 10.7 Å². The van der Waals surface area contributed by atoms with Crippen LogP contribution in [0.3, 0.4) is 0 Å². The Morgan fingerprint density at radius 3 is 2.61 bits per heavy atom. The second-order valence-corrected chi connectivity index (χ2v) is 6.30. The van der Waals surface area contributed by atoms with Crippen LogP contribution in [0.5, 0.6) is 0 Å². The van der Waals surface area contributed by atoms with Crippen LogP contribution in [0.4, 0.5) is 5.82 Å². The number of benzene rings is 1. The van der Waals surface area contributed by atoms with Crippen LogP contribution >= 0.6 is 0 Å². The third kappa shape index (κ3) is 3.21. The molecule has 5 heteroatoms. The minimum absolute atomic E-state index is 0.427. The summed E-state index contributed by atoms with van der Waals surface area (Å²) in [6.07, 6.45) is 2.44. The molecule has 0 aliphatic carbocycles. The number of nitrogens with zero attached hydrogens (tertiary/aromatic N) is 4. The van der Waals surface area contributed by atoms with Gasteiger partial charge in [-0.2, -0.15) is 0 Å². The van der Waals surface area contributed by atoms with Crippen molar-refractivity contribution in [1.82, 2.24) is 19.8 Å². The van der Waals surface area contributed by atoms with Crippen LogP contribution in [-0.4, -0.2) is 46.6 Å². The zero-order chi connectivity index (χ0) is 16.4. The fraction of sp³-hybridized carbons (Fsp3) is 0.444. The third-order valence-corrected chi connectivity index (χ3v) is 4.54. The maximum Gasteiger partial charge on any atom is 0.161 e. The fourth-order valence-corrected chi connectivity index (χ4v) is 3.38. The molecule has 1 aromatic heterocycles. The quantitative estimate of drug-likeness (QED) is 0.939. The Bertz CT molecular complexity index is 669. The molecule has 0 saturated heterocycles. The first-order valence-corrected chi connectivity index (χ1v) is 8.21. The summed E-state index contributed by atoms with van der Waals surface area (Å²) in [7, 11) is 4.25. The zero-order valence-corrected chi connectivity index (χ0v) is 14.2. The first-order chi connectivity index (χ1) is 11.1. The van der Waals surface area contributed by atoms with Crippen molar-refractivity contribution in [3.05, 3.63) is 41.6 Å². The predicted molar refractivity (Wildman–Crippen MR) is 93.8 cm³/mol.